The number of hydrogen-bond donors (Lipinski definition) is 0. The topological polar surface area (TPSA) is 59.9 Å². The smallest absolute Gasteiger partial charge is 0.159 e. The molecule has 0 fully saturated rings. The Kier molecular flexibility index (Phi) is 6.26. The molecule has 2 aliphatic carbocycles. The number of Topliss-reactive ketones (excluding diaryl/α,β-unsaturated/α-hetero) is 2. The molecule has 1 heterocycles. The molecule has 160 valence electrons. The predicted octanol–water partition coefficient (Wildman–Crippen LogP) is 5.59. The van der Waals surface area contributed by atoms with Crippen LogP contribution in [0.3, 0.4) is 0 Å². The lowest BCUT2D eigenvalue weighted by atomic mass is 9.91. The molecular weight excluding hydrogens is 384 g/mol. The van der Waals surface area contributed by atoms with E-state index in [1.807, 2.05) is 32.2 Å². The van der Waals surface area contributed by atoms with Gasteiger partial charge in [-0.15, -0.1) is 0 Å². The molecule has 0 amide bonds. The number of fused-ring (bicyclic) bond motifs is 3. The van der Waals surface area contributed by atoms with Gasteiger partial charge in [-0.3, -0.25) is 9.59 Å². The summed E-state index contributed by atoms with van der Waals surface area (Å²) in [6.07, 6.45) is 8.59. The molecule has 4 heteroatoms. The van der Waals surface area contributed by atoms with Gasteiger partial charge in [0.25, 0.3) is 0 Å². The van der Waals surface area contributed by atoms with Crippen molar-refractivity contribution < 1.29 is 9.59 Å². The van der Waals surface area contributed by atoms with Gasteiger partial charge in [0, 0.05) is 48.9 Å². The number of carbonyl (C=O) groups excluding carboxylic acids is 2. The monoisotopic (exact) mass is 414 g/mol. The van der Waals surface area contributed by atoms with Crippen LogP contribution in [0.4, 0.5) is 0 Å². The lowest BCUT2D eigenvalue weighted by molar-refractivity contribution is -0.122. The molecule has 0 saturated heterocycles. The minimum atomic E-state index is -0.0987. The molecule has 1 unspecified atom stereocenters. The summed E-state index contributed by atoms with van der Waals surface area (Å²) >= 11 is 0. The molecule has 2 aromatic rings. The fraction of sp³-hybridized carbons (Fsp3) is 0.407. The van der Waals surface area contributed by atoms with Crippen LogP contribution in [0, 0.1) is 5.92 Å². The summed E-state index contributed by atoms with van der Waals surface area (Å²) in [5.41, 5.74) is 7.65. The average molecular weight is 415 g/mol. The third kappa shape index (κ3) is 4.43. The van der Waals surface area contributed by atoms with Crippen LogP contribution in [0.5, 0.6) is 0 Å². The Morgan fingerprint density at radius 2 is 1.90 bits per heavy atom. The maximum Gasteiger partial charge on any atom is 0.159 e. The van der Waals surface area contributed by atoms with Crippen molar-refractivity contribution in [3.05, 3.63) is 70.3 Å². The molecule has 0 N–H and O–H groups in total. The van der Waals surface area contributed by atoms with Crippen LogP contribution < -0.4 is 0 Å². The van der Waals surface area contributed by atoms with Gasteiger partial charge in [0.15, 0.2) is 5.78 Å². The maximum atomic E-state index is 13.1. The normalized spacial score (nSPS) is 15.5. The average Bonchev–Trinajstić information content (AvgIpc) is 3.31. The molecule has 31 heavy (non-hydrogen) atoms. The summed E-state index contributed by atoms with van der Waals surface area (Å²) in [6.45, 7) is 6.05. The van der Waals surface area contributed by atoms with Crippen molar-refractivity contribution in [2.24, 2.45) is 5.92 Å². The number of aromatic nitrogens is 2. The molecule has 4 nitrogen and oxygen atoms in total. The van der Waals surface area contributed by atoms with E-state index in [4.69, 9.17) is 4.98 Å². The standard InChI is InChI=1S/C27H30N2O2/c1-4-8-25(30)22-12-18(11-17(22)3)13-26(31)19(5-2)15-27-28-16-23-21-10-7-6-9-20(21)14-24(23)29-27/h6-7,9-11,16,19H,4-5,8,12-15H2,1-3H3. The molecule has 0 radical (unpaired) electrons. The van der Waals surface area contributed by atoms with E-state index in [-0.39, 0.29) is 17.5 Å². The Morgan fingerprint density at radius 1 is 1.10 bits per heavy atom. The Morgan fingerprint density at radius 3 is 2.68 bits per heavy atom. The summed E-state index contributed by atoms with van der Waals surface area (Å²) in [5.74, 6) is 1.09. The van der Waals surface area contributed by atoms with Crippen LogP contribution in [0.1, 0.15) is 70.0 Å². The van der Waals surface area contributed by atoms with Crippen molar-refractivity contribution >= 4 is 11.6 Å². The summed E-state index contributed by atoms with van der Waals surface area (Å²) in [6, 6.07) is 8.36. The van der Waals surface area contributed by atoms with Crippen LogP contribution in [-0.4, -0.2) is 21.5 Å². The van der Waals surface area contributed by atoms with E-state index in [0.717, 1.165) is 53.1 Å². The van der Waals surface area contributed by atoms with Crippen molar-refractivity contribution in [1.82, 2.24) is 9.97 Å². The third-order valence-corrected chi connectivity index (χ3v) is 6.48. The SMILES string of the molecule is CCCC(=O)C1=C(C)C=C(CC(=O)C(CC)Cc2ncc3c(n2)Cc2ccccc2-3)C1. The zero-order valence-corrected chi connectivity index (χ0v) is 18.7. The number of rotatable bonds is 9. The summed E-state index contributed by atoms with van der Waals surface area (Å²) in [4.78, 5) is 34.8. The third-order valence-electron chi connectivity index (χ3n) is 6.48. The van der Waals surface area contributed by atoms with Gasteiger partial charge in [0.2, 0.25) is 0 Å². The lowest BCUT2D eigenvalue weighted by Gasteiger charge is -2.14. The summed E-state index contributed by atoms with van der Waals surface area (Å²) in [5, 5.41) is 0. The fourth-order valence-electron chi connectivity index (χ4n) is 4.73. The molecule has 0 saturated carbocycles. The molecule has 0 aliphatic heterocycles. The van der Waals surface area contributed by atoms with Crippen molar-refractivity contribution in [1.29, 1.82) is 0 Å². The Bertz CT molecular complexity index is 1090. The van der Waals surface area contributed by atoms with Crippen molar-refractivity contribution in [3.63, 3.8) is 0 Å². The molecule has 2 aliphatic rings. The first-order valence-corrected chi connectivity index (χ1v) is 11.4. The Labute approximate surface area is 184 Å². The Balaban J connectivity index is 1.40. The first-order valence-electron chi connectivity index (χ1n) is 11.4. The number of ketones is 2. The van der Waals surface area contributed by atoms with Gasteiger partial charge in [-0.25, -0.2) is 9.97 Å². The van der Waals surface area contributed by atoms with Gasteiger partial charge in [-0.2, -0.15) is 0 Å². The van der Waals surface area contributed by atoms with Gasteiger partial charge >= 0.3 is 0 Å². The van der Waals surface area contributed by atoms with Crippen molar-refractivity contribution in [2.45, 2.75) is 65.7 Å². The highest BCUT2D eigenvalue weighted by atomic mass is 16.1. The minimum absolute atomic E-state index is 0.0987. The number of nitrogens with zero attached hydrogens (tertiary/aromatic N) is 2. The van der Waals surface area contributed by atoms with Gasteiger partial charge < -0.3 is 0 Å². The molecule has 1 atom stereocenters. The first kappa shape index (κ1) is 21.4. The zero-order valence-electron chi connectivity index (χ0n) is 18.7. The van der Waals surface area contributed by atoms with Crippen LogP contribution in [0.25, 0.3) is 11.1 Å². The molecule has 1 aromatic heterocycles. The van der Waals surface area contributed by atoms with Gasteiger partial charge in [-0.1, -0.05) is 49.8 Å². The number of carbonyl (C=O) groups is 2. The second kappa shape index (κ2) is 9.09. The van der Waals surface area contributed by atoms with Crippen LogP contribution in [0.2, 0.25) is 0 Å². The van der Waals surface area contributed by atoms with Crippen LogP contribution >= 0.6 is 0 Å². The fourth-order valence-corrected chi connectivity index (χ4v) is 4.73. The molecule has 0 bridgehead atoms. The highest BCUT2D eigenvalue weighted by molar-refractivity contribution is 5.98. The van der Waals surface area contributed by atoms with E-state index in [9.17, 15) is 9.59 Å². The van der Waals surface area contributed by atoms with Crippen molar-refractivity contribution in [2.75, 3.05) is 0 Å². The van der Waals surface area contributed by atoms with E-state index >= 15 is 0 Å². The minimum Gasteiger partial charge on any atom is -0.299 e. The van der Waals surface area contributed by atoms with E-state index in [0.29, 0.717) is 25.7 Å². The number of allylic oxidation sites excluding steroid dienone is 4. The zero-order chi connectivity index (χ0) is 22.0. The predicted molar refractivity (Wildman–Crippen MR) is 123 cm³/mol. The van der Waals surface area contributed by atoms with Crippen LogP contribution in [0.15, 0.2) is 53.3 Å². The summed E-state index contributed by atoms with van der Waals surface area (Å²) < 4.78 is 0. The lowest BCUT2D eigenvalue weighted by Crippen LogP contribution is -2.18. The molecular formula is C27H30N2O2. The second-order valence-corrected chi connectivity index (χ2v) is 8.75. The van der Waals surface area contributed by atoms with Gasteiger partial charge in [0.1, 0.15) is 11.6 Å². The molecule has 0 spiro atoms. The highest BCUT2D eigenvalue weighted by Gasteiger charge is 2.25. The molecule has 4 rings (SSSR count). The second-order valence-electron chi connectivity index (χ2n) is 8.75. The van der Waals surface area contributed by atoms with E-state index in [1.165, 1.54) is 11.1 Å². The Hall–Kier alpha value is -2.88. The van der Waals surface area contributed by atoms with E-state index in [2.05, 4.69) is 30.1 Å². The highest BCUT2D eigenvalue weighted by Crippen LogP contribution is 2.35. The first-order chi connectivity index (χ1) is 15.0. The van der Waals surface area contributed by atoms with Crippen molar-refractivity contribution in [3.8, 4) is 11.1 Å². The largest absolute Gasteiger partial charge is 0.299 e. The van der Waals surface area contributed by atoms with E-state index < -0.39 is 0 Å². The maximum absolute atomic E-state index is 13.1. The van der Waals surface area contributed by atoms with Gasteiger partial charge in [0.05, 0.1) is 5.69 Å². The summed E-state index contributed by atoms with van der Waals surface area (Å²) in [7, 11) is 0. The number of benzene rings is 1. The molecule has 1 aromatic carbocycles. The van der Waals surface area contributed by atoms with Crippen LogP contribution in [-0.2, 0) is 22.4 Å². The van der Waals surface area contributed by atoms with E-state index in [1.54, 1.807) is 0 Å². The van der Waals surface area contributed by atoms with Gasteiger partial charge in [-0.05, 0) is 42.9 Å². The quantitative estimate of drug-likeness (QED) is 0.458. The number of hydrogen-bond acceptors (Lipinski definition) is 4.